The van der Waals surface area contributed by atoms with Gasteiger partial charge in [-0.15, -0.1) is 0 Å². The number of pyridine rings is 2. The minimum atomic E-state index is -0.0267. The standard InChI is InChI=1S/C17H18N6O/c1-2-23-15-14(21-17(23)18)7-11(8-20-15)16(24)22-9-12(10-22)13-5-3-4-6-19-13/h3-8,12H,2,9-10H2,1H3,(H2,18,21). The number of carbonyl (C=O) groups excluding carboxylic acids is 1. The summed E-state index contributed by atoms with van der Waals surface area (Å²) in [5, 5.41) is 0. The number of aryl methyl sites for hydroxylation is 1. The highest BCUT2D eigenvalue weighted by Crippen LogP contribution is 2.27. The van der Waals surface area contributed by atoms with Crippen LogP contribution in [0.2, 0.25) is 0 Å². The van der Waals surface area contributed by atoms with Crippen molar-refractivity contribution >= 4 is 23.0 Å². The first-order chi connectivity index (χ1) is 11.7. The number of fused-ring (bicyclic) bond motifs is 1. The summed E-state index contributed by atoms with van der Waals surface area (Å²) in [5.74, 6) is 0.701. The second-order valence-corrected chi connectivity index (χ2v) is 5.94. The van der Waals surface area contributed by atoms with Gasteiger partial charge < -0.3 is 10.6 Å². The van der Waals surface area contributed by atoms with E-state index in [-0.39, 0.29) is 5.91 Å². The van der Waals surface area contributed by atoms with Crippen molar-refractivity contribution in [3.05, 3.63) is 47.9 Å². The number of anilines is 1. The first-order valence-electron chi connectivity index (χ1n) is 7.99. The van der Waals surface area contributed by atoms with Gasteiger partial charge in [-0.25, -0.2) is 9.97 Å². The van der Waals surface area contributed by atoms with Gasteiger partial charge >= 0.3 is 0 Å². The normalized spacial score (nSPS) is 14.8. The van der Waals surface area contributed by atoms with Gasteiger partial charge in [0, 0.05) is 43.6 Å². The molecular formula is C17H18N6O. The molecule has 0 unspecified atom stereocenters. The Morgan fingerprint density at radius 2 is 2.17 bits per heavy atom. The summed E-state index contributed by atoms with van der Waals surface area (Å²) in [4.78, 5) is 27.4. The fourth-order valence-electron chi connectivity index (χ4n) is 3.09. The topological polar surface area (TPSA) is 89.9 Å². The number of carbonyl (C=O) groups is 1. The Morgan fingerprint density at radius 1 is 1.33 bits per heavy atom. The molecule has 0 aliphatic carbocycles. The average molecular weight is 322 g/mol. The zero-order valence-corrected chi connectivity index (χ0v) is 13.4. The van der Waals surface area contributed by atoms with Crippen LogP contribution < -0.4 is 5.73 Å². The van der Waals surface area contributed by atoms with Crippen molar-refractivity contribution in [3.63, 3.8) is 0 Å². The smallest absolute Gasteiger partial charge is 0.255 e. The molecule has 1 aliphatic heterocycles. The number of likely N-dealkylation sites (tertiary alicyclic amines) is 1. The number of nitrogen functional groups attached to an aromatic ring is 1. The van der Waals surface area contributed by atoms with E-state index in [4.69, 9.17) is 5.73 Å². The van der Waals surface area contributed by atoms with Crippen LogP contribution in [0.25, 0.3) is 11.2 Å². The van der Waals surface area contributed by atoms with Crippen LogP contribution in [0.3, 0.4) is 0 Å². The minimum Gasteiger partial charge on any atom is -0.369 e. The van der Waals surface area contributed by atoms with E-state index in [1.165, 1.54) is 0 Å². The summed E-state index contributed by atoms with van der Waals surface area (Å²) >= 11 is 0. The van der Waals surface area contributed by atoms with Gasteiger partial charge in [0.05, 0.1) is 5.56 Å². The molecule has 3 aromatic rings. The molecule has 2 N–H and O–H groups in total. The Bertz CT molecular complexity index is 898. The third-order valence-electron chi connectivity index (χ3n) is 4.45. The number of nitrogens with two attached hydrogens (primary N) is 1. The van der Waals surface area contributed by atoms with E-state index in [1.807, 2.05) is 34.6 Å². The highest BCUT2D eigenvalue weighted by Gasteiger charge is 2.33. The molecule has 0 radical (unpaired) electrons. The summed E-state index contributed by atoms with van der Waals surface area (Å²) in [5.41, 5.74) is 8.82. The van der Waals surface area contributed by atoms with Gasteiger partial charge in [-0.2, -0.15) is 0 Å². The van der Waals surface area contributed by atoms with E-state index in [2.05, 4.69) is 15.0 Å². The Balaban J connectivity index is 1.52. The van der Waals surface area contributed by atoms with Crippen LogP contribution in [0.5, 0.6) is 0 Å². The van der Waals surface area contributed by atoms with Crippen LogP contribution in [0, 0.1) is 0 Å². The van der Waals surface area contributed by atoms with Crippen LogP contribution in [-0.2, 0) is 6.54 Å². The number of imidazole rings is 1. The van der Waals surface area contributed by atoms with Crippen LogP contribution >= 0.6 is 0 Å². The highest BCUT2D eigenvalue weighted by molar-refractivity contribution is 5.97. The van der Waals surface area contributed by atoms with Gasteiger partial charge in [0.2, 0.25) is 5.95 Å². The Kier molecular flexibility index (Phi) is 3.41. The molecule has 1 aliphatic rings. The SMILES string of the molecule is CCn1c(N)nc2cc(C(=O)N3CC(c4ccccn4)C3)cnc21. The molecule has 0 bridgehead atoms. The lowest BCUT2D eigenvalue weighted by molar-refractivity contribution is 0.0598. The van der Waals surface area contributed by atoms with Crippen molar-refractivity contribution in [1.29, 1.82) is 0 Å². The Labute approximate surface area is 139 Å². The lowest BCUT2D eigenvalue weighted by Gasteiger charge is -2.38. The maximum absolute atomic E-state index is 12.6. The molecule has 0 atom stereocenters. The van der Waals surface area contributed by atoms with E-state index in [0.717, 1.165) is 5.69 Å². The molecule has 4 rings (SSSR count). The molecule has 0 aromatic carbocycles. The molecule has 24 heavy (non-hydrogen) atoms. The molecule has 0 saturated carbocycles. The molecule has 0 spiro atoms. The predicted octanol–water partition coefficient (Wildman–Crippen LogP) is 1.67. The van der Waals surface area contributed by atoms with E-state index < -0.39 is 0 Å². The zero-order valence-electron chi connectivity index (χ0n) is 13.4. The fourth-order valence-corrected chi connectivity index (χ4v) is 3.09. The van der Waals surface area contributed by atoms with Gasteiger partial charge in [-0.05, 0) is 25.1 Å². The van der Waals surface area contributed by atoms with Gasteiger partial charge in [0.25, 0.3) is 5.91 Å². The number of hydrogen-bond acceptors (Lipinski definition) is 5. The molecule has 122 valence electrons. The van der Waals surface area contributed by atoms with Crippen molar-refractivity contribution in [2.75, 3.05) is 18.8 Å². The second-order valence-electron chi connectivity index (χ2n) is 5.94. The summed E-state index contributed by atoms with van der Waals surface area (Å²) in [7, 11) is 0. The van der Waals surface area contributed by atoms with Crippen molar-refractivity contribution in [1.82, 2.24) is 24.4 Å². The fraction of sp³-hybridized carbons (Fsp3) is 0.294. The maximum atomic E-state index is 12.6. The van der Waals surface area contributed by atoms with Crippen LogP contribution in [-0.4, -0.2) is 43.4 Å². The van der Waals surface area contributed by atoms with E-state index >= 15 is 0 Å². The number of aromatic nitrogens is 4. The van der Waals surface area contributed by atoms with E-state index in [1.54, 1.807) is 18.5 Å². The number of amides is 1. The largest absolute Gasteiger partial charge is 0.369 e. The van der Waals surface area contributed by atoms with Crippen molar-refractivity contribution in [2.45, 2.75) is 19.4 Å². The van der Waals surface area contributed by atoms with Crippen LogP contribution in [0.1, 0.15) is 28.9 Å². The van der Waals surface area contributed by atoms with Gasteiger partial charge in [0.15, 0.2) is 5.65 Å². The van der Waals surface area contributed by atoms with Crippen LogP contribution in [0.4, 0.5) is 5.95 Å². The van der Waals surface area contributed by atoms with Gasteiger partial charge in [-0.3, -0.25) is 14.3 Å². The Morgan fingerprint density at radius 3 is 2.88 bits per heavy atom. The van der Waals surface area contributed by atoms with Gasteiger partial charge in [-0.1, -0.05) is 6.07 Å². The predicted molar refractivity (Wildman–Crippen MR) is 90.5 cm³/mol. The zero-order chi connectivity index (χ0) is 16.7. The summed E-state index contributed by atoms with van der Waals surface area (Å²) in [6, 6.07) is 7.63. The molecule has 1 saturated heterocycles. The Hall–Kier alpha value is -2.96. The van der Waals surface area contributed by atoms with Crippen molar-refractivity contribution in [3.8, 4) is 0 Å². The first kappa shape index (κ1) is 14.6. The maximum Gasteiger partial charge on any atom is 0.255 e. The second kappa shape index (κ2) is 5.59. The number of nitrogens with zero attached hydrogens (tertiary/aromatic N) is 5. The lowest BCUT2D eigenvalue weighted by atomic mass is 9.95. The molecule has 1 amide bonds. The van der Waals surface area contributed by atoms with E-state index in [9.17, 15) is 4.79 Å². The summed E-state index contributed by atoms with van der Waals surface area (Å²) in [6.45, 7) is 4.04. The quantitative estimate of drug-likeness (QED) is 0.792. The average Bonchev–Trinajstić information content (AvgIpc) is 2.88. The molecule has 7 nitrogen and oxygen atoms in total. The van der Waals surface area contributed by atoms with E-state index in [0.29, 0.717) is 48.2 Å². The van der Waals surface area contributed by atoms with Crippen molar-refractivity contribution in [2.24, 2.45) is 0 Å². The molecular weight excluding hydrogens is 304 g/mol. The number of hydrogen-bond donors (Lipinski definition) is 1. The molecule has 3 aromatic heterocycles. The minimum absolute atomic E-state index is 0.0267. The third-order valence-corrected chi connectivity index (χ3v) is 4.45. The molecule has 1 fully saturated rings. The summed E-state index contributed by atoms with van der Waals surface area (Å²) in [6.07, 6.45) is 3.39. The number of rotatable bonds is 3. The monoisotopic (exact) mass is 322 g/mol. The molecule has 7 heteroatoms. The van der Waals surface area contributed by atoms with Crippen LogP contribution in [0.15, 0.2) is 36.7 Å². The van der Waals surface area contributed by atoms with Crippen molar-refractivity contribution < 1.29 is 4.79 Å². The third kappa shape index (κ3) is 2.29. The highest BCUT2D eigenvalue weighted by atomic mass is 16.2. The molecule has 4 heterocycles. The lowest BCUT2D eigenvalue weighted by Crippen LogP contribution is -2.48. The van der Waals surface area contributed by atoms with Gasteiger partial charge in [0.1, 0.15) is 5.52 Å². The first-order valence-corrected chi connectivity index (χ1v) is 7.99. The summed E-state index contributed by atoms with van der Waals surface area (Å²) < 4.78 is 1.82.